The van der Waals surface area contributed by atoms with Crippen LogP contribution in [0.4, 0.5) is 0 Å². The van der Waals surface area contributed by atoms with Gasteiger partial charge in [-0.2, -0.15) is 0 Å². The minimum absolute atomic E-state index is 0.0288. The molecule has 4 rings (SSSR count). The maximum Gasteiger partial charge on any atom is 0.239 e. The van der Waals surface area contributed by atoms with Crippen LogP contribution in [0.1, 0.15) is 58.3 Å². The Morgan fingerprint density at radius 2 is 2.00 bits per heavy atom. The molecule has 4 aliphatic rings. The molecule has 4 fully saturated rings. The van der Waals surface area contributed by atoms with Crippen molar-refractivity contribution in [2.24, 2.45) is 11.3 Å². The van der Waals surface area contributed by atoms with Crippen LogP contribution in [0.5, 0.6) is 0 Å². The van der Waals surface area contributed by atoms with Crippen LogP contribution in [0.2, 0.25) is 0 Å². The molecular weight excluding hydrogens is 304 g/mol. The summed E-state index contributed by atoms with van der Waals surface area (Å²) >= 11 is 0. The van der Waals surface area contributed by atoms with Crippen LogP contribution in [-0.2, 0) is 9.53 Å². The molecule has 0 aromatic carbocycles. The highest BCUT2D eigenvalue weighted by molar-refractivity contribution is 5.82. The Morgan fingerprint density at radius 3 is 2.67 bits per heavy atom. The van der Waals surface area contributed by atoms with Gasteiger partial charge in [0.2, 0.25) is 5.91 Å². The zero-order chi connectivity index (χ0) is 16.7. The molecule has 0 unspecified atom stereocenters. The molecule has 0 radical (unpaired) electrons. The van der Waals surface area contributed by atoms with Gasteiger partial charge in [-0.25, -0.2) is 0 Å². The number of carbonyl (C=O) groups excluding carboxylic acids is 1. The molecule has 2 saturated heterocycles. The van der Waals surface area contributed by atoms with Gasteiger partial charge in [-0.3, -0.25) is 4.79 Å². The quantitative estimate of drug-likeness (QED) is 0.823. The second-order valence-corrected chi connectivity index (χ2v) is 8.36. The topological polar surface area (TPSA) is 61.8 Å². The van der Waals surface area contributed by atoms with E-state index in [1.807, 2.05) is 11.8 Å². The van der Waals surface area contributed by atoms with Crippen molar-refractivity contribution in [2.75, 3.05) is 19.7 Å². The highest BCUT2D eigenvalue weighted by Gasteiger charge is 2.56. The monoisotopic (exact) mass is 336 g/mol. The third kappa shape index (κ3) is 2.69. The second kappa shape index (κ2) is 6.58. The van der Waals surface area contributed by atoms with Crippen LogP contribution >= 0.6 is 0 Å². The fourth-order valence-corrected chi connectivity index (χ4v) is 5.69. The molecule has 2 saturated carbocycles. The summed E-state index contributed by atoms with van der Waals surface area (Å²) in [6.45, 7) is 4.26. The molecular formula is C19H32N2O3. The molecule has 2 heterocycles. The Hall–Kier alpha value is -0.650. The second-order valence-electron chi connectivity index (χ2n) is 8.36. The van der Waals surface area contributed by atoms with Crippen LogP contribution in [0.15, 0.2) is 0 Å². The first-order valence-electron chi connectivity index (χ1n) is 9.98. The first-order valence-corrected chi connectivity index (χ1v) is 9.98. The summed E-state index contributed by atoms with van der Waals surface area (Å²) in [5.74, 6) is 1.00. The Labute approximate surface area is 145 Å². The average molecular weight is 336 g/mol. The van der Waals surface area contributed by atoms with Gasteiger partial charge >= 0.3 is 0 Å². The van der Waals surface area contributed by atoms with Gasteiger partial charge in [0.15, 0.2) is 0 Å². The largest absolute Gasteiger partial charge is 0.392 e. The van der Waals surface area contributed by atoms with Gasteiger partial charge in [-0.05, 0) is 44.9 Å². The van der Waals surface area contributed by atoms with Gasteiger partial charge in [0, 0.05) is 37.6 Å². The van der Waals surface area contributed by atoms with Crippen molar-refractivity contribution in [3.05, 3.63) is 0 Å². The van der Waals surface area contributed by atoms with Crippen molar-refractivity contribution in [3.63, 3.8) is 0 Å². The lowest BCUT2D eigenvalue weighted by molar-refractivity contribution is -0.210. The van der Waals surface area contributed by atoms with E-state index in [1.54, 1.807) is 0 Å². The summed E-state index contributed by atoms with van der Waals surface area (Å²) in [5.41, 5.74) is -0.0934. The van der Waals surface area contributed by atoms with E-state index in [0.717, 1.165) is 38.8 Å². The normalized spacial score (nSPS) is 41.1. The number of carbonyl (C=O) groups is 1. The van der Waals surface area contributed by atoms with Crippen LogP contribution < -0.4 is 5.32 Å². The summed E-state index contributed by atoms with van der Waals surface area (Å²) < 4.78 is 5.83. The van der Waals surface area contributed by atoms with E-state index in [9.17, 15) is 9.90 Å². The number of fused-ring (bicyclic) bond motifs is 1. The molecule has 0 aromatic rings. The molecule has 0 aromatic heterocycles. The van der Waals surface area contributed by atoms with Crippen molar-refractivity contribution in [2.45, 2.75) is 82.6 Å². The Bertz CT molecular complexity index is 459. The lowest BCUT2D eigenvalue weighted by Crippen LogP contribution is -2.63. The molecule has 24 heavy (non-hydrogen) atoms. The summed E-state index contributed by atoms with van der Waals surface area (Å²) in [6.07, 6.45) is 8.62. The van der Waals surface area contributed by atoms with E-state index in [0.29, 0.717) is 24.5 Å². The van der Waals surface area contributed by atoms with Gasteiger partial charge < -0.3 is 20.1 Å². The van der Waals surface area contributed by atoms with Gasteiger partial charge in [0.25, 0.3) is 0 Å². The molecule has 1 spiro atoms. The molecule has 5 atom stereocenters. The van der Waals surface area contributed by atoms with E-state index in [-0.39, 0.29) is 23.7 Å². The summed E-state index contributed by atoms with van der Waals surface area (Å²) in [5, 5.41) is 13.9. The number of hydrogen-bond donors (Lipinski definition) is 2. The molecule has 5 heteroatoms. The van der Waals surface area contributed by atoms with Crippen LogP contribution in [0.3, 0.4) is 0 Å². The highest BCUT2D eigenvalue weighted by Crippen LogP contribution is 2.51. The smallest absolute Gasteiger partial charge is 0.239 e. The molecule has 1 amide bonds. The van der Waals surface area contributed by atoms with Crippen molar-refractivity contribution in [1.29, 1.82) is 0 Å². The van der Waals surface area contributed by atoms with Crippen molar-refractivity contribution >= 4 is 5.91 Å². The number of aliphatic hydroxyl groups excluding tert-OH is 1. The van der Waals surface area contributed by atoms with Crippen LogP contribution in [0, 0.1) is 11.3 Å². The number of nitrogens with zero attached hydrogens (tertiary/aromatic N) is 1. The fourth-order valence-electron chi connectivity index (χ4n) is 5.69. The lowest BCUT2D eigenvalue weighted by Gasteiger charge is -2.56. The lowest BCUT2D eigenvalue weighted by atomic mass is 9.58. The van der Waals surface area contributed by atoms with Crippen molar-refractivity contribution in [1.82, 2.24) is 10.2 Å². The molecule has 136 valence electrons. The van der Waals surface area contributed by atoms with Crippen LogP contribution in [-0.4, -0.2) is 59.9 Å². The molecule has 5 nitrogen and oxygen atoms in total. The van der Waals surface area contributed by atoms with E-state index >= 15 is 0 Å². The van der Waals surface area contributed by atoms with E-state index < -0.39 is 0 Å². The number of nitrogens with one attached hydrogen (secondary N) is 1. The minimum atomic E-state index is -0.251. The predicted molar refractivity (Wildman–Crippen MR) is 91.6 cm³/mol. The van der Waals surface area contributed by atoms with Gasteiger partial charge in [-0.1, -0.05) is 12.8 Å². The maximum atomic E-state index is 12.9. The summed E-state index contributed by atoms with van der Waals surface area (Å²) in [6, 6.07) is 0.598. The number of likely N-dealkylation sites (tertiary alicyclic amines) is 1. The Kier molecular flexibility index (Phi) is 4.61. The Morgan fingerprint density at radius 1 is 1.25 bits per heavy atom. The van der Waals surface area contributed by atoms with Crippen LogP contribution in [0.25, 0.3) is 0 Å². The highest BCUT2D eigenvalue weighted by atomic mass is 16.5. The summed E-state index contributed by atoms with van der Waals surface area (Å²) in [4.78, 5) is 15.0. The van der Waals surface area contributed by atoms with E-state index in [2.05, 4.69) is 5.32 Å². The maximum absolute atomic E-state index is 12.9. The standard InChI is InChI=1S/C19H32N2O3/c1-2-24-17-12-16(22)19(17)7-9-21(10-8-19)18(23)15-11-13-5-3-4-6-14(13)20-15/h13-17,20,22H,2-12H2,1H3/t13-,14+,15-,16-,17+/m0/s1. The van der Waals surface area contributed by atoms with E-state index in [1.165, 1.54) is 25.7 Å². The number of amides is 1. The third-order valence-corrected chi connectivity index (χ3v) is 7.28. The van der Waals surface area contributed by atoms with Gasteiger partial charge in [0.05, 0.1) is 18.2 Å². The molecule has 2 N–H and O–H groups in total. The molecule has 2 aliphatic carbocycles. The Balaban J connectivity index is 1.33. The minimum Gasteiger partial charge on any atom is -0.392 e. The summed E-state index contributed by atoms with van der Waals surface area (Å²) in [7, 11) is 0. The predicted octanol–water partition coefficient (Wildman–Crippen LogP) is 1.69. The number of ether oxygens (including phenoxy) is 1. The first-order chi connectivity index (χ1) is 11.6. The van der Waals surface area contributed by atoms with Crippen molar-refractivity contribution < 1.29 is 14.6 Å². The molecule has 0 bridgehead atoms. The van der Waals surface area contributed by atoms with Crippen molar-refractivity contribution in [3.8, 4) is 0 Å². The van der Waals surface area contributed by atoms with Gasteiger partial charge in [0.1, 0.15) is 0 Å². The SMILES string of the molecule is CCO[C@@H]1C[C@H](O)C12CCN(C(=O)[C@@H]1C[C@@H]3CCCC[C@H]3N1)CC2. The number of rotatable bonds is 3. The number of hydrogen-bond acceptors (Lipinski definition) is 4. The number of aliphatic hydroxyl groups is 1. The fraction of sp³-hybridized carbons (Fsp3) is 0.947. The average Bonchev–Trinajstić information content (AvgIpc) is 3.05. The first kappa shape index (κ1) is 16.8. The van der Waals surface area contributed by atoms with Gasteiger partial charge in [-0.15, -0.1) is 0 Å². The third-order valence-electron chi connectivity index (χ3n) is 7.28. The molecule has 2 aliphatic heterocycles. The number of piperidine rings is 1. The zero-order valence-electron chi connectivity index (χ0n) is 14.9. The zero-order valence-corrected chi connectivity index (χ0v) is 14.9. The van der Waals surface area contributed by atoms with E-state index in [4.69, 9.17) is 4.74 Å².